The van der Waals surface area contributed by atoms with Crippen molar-refractivity contribution in [3.63, 3.8) is 0 Å². The van der Waals surface area contributed by atoms with Gasteiger partial charge in [-0.2, -0.15) is 0 Å². The van der Waals surface area contributed by atoms with Crippen LogP contribution in [0.3, 0.4) is 0 Å². The second-order valence-electron chi connectivity index (χ2n) is 3.43. The summed E-state index contributed by atoms with van der Waals surface area (Å²) in [5.74, 6) is -0.546. The van der Waals surface area contributed by atoms with Crippen LogP contribution >= 0.6 is 12.4 Å². The zero-order chi connectivity index (χ0) is 11.3. The van der Waals surface area contributed by atoms with E-state index in [1.807, 2.05) is 30.3 Å². The van der Waals surface area contributed by atoms with Crippen LogP contribution in [0, 0.1) is 0 Å². The lowest BCUT2D eigenvalue weighted by Gasteiger charge is -2.17. The molecule has 1 aromatic carbocycles. The van der Waals surface area contributed by atoms with Crippen LogP contribution < -0.4 is 11.5 Å². The molecule has 0 spiro atoms. The van der Waals surface area contributed by atoms with E-state index in [4.69, 9.17) is 16.2 Å². The Morgan fingerprint density at radius 1 is 1.38 bits per heavy atom. The van der Waals surface area contributed by atoms with Crippen molar-refractivity contribution in [3.8, 4) is 0 Å². The van der Waals surface area contributed by atoms with Gasteiger partial charge in [-0.3, -0.25) is 4.79 Å². The van der Waals surface area contributed by atoms with Crippen LogP contribution in [0.15, 0.2) is 30.3 Å². The van der Waals surface area contributed by atoms with Crippen molar-refractivity contribution in [2.75, 3.05) is 0 Å². The molecule has 2 atom stereocenters. The Bertz CT molecular complexity index is 319. The van der Waals surface area contributed by atoms with E-state index in [9.17, 15) is 4.79 Å². The fraction of sp³-hybridized carbons (Fsp3) is 0.364. The number of carbonyl (C=O) groups excluding carboxylic acids is 1. The number of rotatable bonds is 5. The molecule has 2 unspecified atom stereocenters. The number of primary amides is 1. The highest BCUT2D eigenvalue weighted by molar-refractivity contribution is 5.85. The molecule has 0 fully saturated rings. The standard InChI is InChI=1S/C11H16N2O2.ClH/c1-8(10(12)11(13)14)15-7-9-5-3-2-4-6-9;/h2-6,8,10H,7,12H2,1H3,(H2,13,14);1H. The van der Waals surface area contributed by atoms with Crippen molar-refractivity contribution in [3.05, 3.63) is 35.9 Å². The van der Waals surface area contributed by atoms with Crippen LogP contribution in [0.4, 0.5) is 0 Å². The summed E-state index contributed by atoms with van der Waals surface area (Å²) >= 11 is 0. The number of amides is 1. The highest BCUT2D eigenvalue weighted by Crippen LogP contribution is 2.04. The van der Waals surface area contributed by atoms with Crippen molar-refractivity contribution >= 4 is 18.3 Å². The molecular formula is C11H17ClN2O2. The number of ether oxygens (including phenoxy) is 1. The summed E-state index contributed by atoms with van der Waals surface area (Å²) in [6.45, 7) is 2.17. The van der Waals surface area contributed by atoms with Gasteiger partial charge in [0, 0.05) is 0 Å². The average molecular weight is 245 g/mol. The molecule has 0 saturated heterocycles. The quantitative estimate of drug-likeness (QED) is 0.805. The lowest BCUT2D eigenvalue weighted by Crippen LogP contribution is -2.45. The van der Waals surface area contributed by atoms with Gasteiger partial charge in [-0.25, -0.2) is 0 Å². The summed E-state index contributed by atoms with van der Waals surface area (Å²) in [5, 5.41) is 0. The Hall–Kier alpha value is -1.10. The fourth-order valence-corrected chi connectivity index (χ4v) is 1.14. The zero-order valence-electron chi connectivity index (χ0n) is 9.13. The van der Waals surface area contributed by atoms with Crippen molar-refractivity contribution in [2.24, 2.45) is 11.5 Å². The molecule has 4 N–H and O–H groups in total. The van der Waals surface area contributed by atoms with Crippen LogP contribution in [0.5, 0.6) is 0 Å². The zero-order valence-corrected chi connectivity index (χ0v) is 9.94. The molecule has 0 aliphatic carbocycles. The van der Waals surface area contributed by atoms with Crippen molar-refractivity contribution in [2.45, 2.75) is 25.7 Å². The van der Waals surface area contributed by atoms with Crippen LogP contribution in [0.25, 0.3) is 0 Å². The molecule has 5 heteroatoms. The molecule has 0 aliphatic heterocycles. The molecule has 1 rings (SSSR count). The lowest BCUT2D eigenvalue weighted by atomic mass is 10.2. The molecule has 0 heterocycles. The number of hydrogen-bond acceptors (Lipinski definition) is 3. The number of hydrogen-bond donors (Lipinski definition) is 2. The first-order valence-corrected chi connectivity index (χ1v) is 4.81. The first kappa shape index (κ1) is 14.9. The molecule has 4 nitrogen and oxygen atoms in total. The minimum atomic E-state index is -0.756. The van der Waals surface area contributed by atoms with Crippen LogP contribution in [0.2, 0.25) is 0 Å². The Balaban J connectivity index is 0.00000225. The number of carbonyl (C=O) groups is 1. The molecular weight excluding hydrogens is 228 g/mol. The topological polar surface area (TPSA) is 78.3 Å². The smallest absolute Gasteiger partial charge is 0.237 e. The van der Waals surface area contributed by atoms with E-state index in [0.717, 1.165) is 5.56 Å². The summed E-state index contributed by atoms with van der Waals surface area (Å²) in [5.41, 5.74) is 11.6. The average Bonchev–Trinajstić information content (AvgIpc) is 2.26. The first-order chi connectivity index (χ1) is 7.11. The third-order valence-electron chi connectivity index (χ3n) is 2.19. The predicted molar refractivity (Wildman–Crippen MR) is 65.1 cm³/mol. The van der Waals surface area contributed by atoms with Gasteiger partial charge >= 0.3 is 0 Å². The molecule has 1 aromatic rings. The number of benzene rings is 1. The second kappa shape index (κ2) is 7.22. The van der Waals surface area contributed by atoms with Gasteiger partial charge in [-0.15, -0.1) is 12.4 Å². The van der Waals surface area contributed by atoms with Crippen molar-refractivity contribution in [1.82, 2.24) is 0 Å². The Labute approximate surface area is 101 Å². The molecule has 0 radical (unpaired) electrons. The molecule has 0 aromatic heterocycles. The van der Waals surface area contributed by atoms with Gasteiger partial charge in [0.2, 0.25) is 5.91 Å². The van der Waals surface area contributed by atoms with E-state index in [1.54, 1.807) is 6.92 Å². The molecule has 0 bridgehead atoms. The molecule has 1 amide bonds. The normalized spacial score (nSPS) is 13.6. The summed E-state index contributed by atoms with van der Waals surface area (Å²) in [6.07, 6.45) is -0.372. The van der Waals surface area contributed by atoms with E-state index in [-0.39, 0.29) is 18.5 Å². The molecule has 16 heavy (non-hydrogen) atoms. The van der Waals surface area contributed by atoms with E-state index in [1.165, 1.54) is 0 Å². The maximum Gasteiger partial charge on any atom is 0.237 e. The Kier molecular flexibility index (Phi) is 6.72. The summed E-state index contributed by atoms with van der Waals surface area (Å²) in [6, 6.07) is 8.93. The van der Waals surface area contributed by atoms with Crippen molar-refractivity contribution < 1.29 is 9.53 Å². The van der Waals surface area contributed by atoms with Gasteiger partial charge in [-0.1, -0.05) is 30.3 Å². The molecule has 0 saturated carbocycles. The summed E-state index contributed by atoms with van der Waals surface area (Å²) in [4.78, 5) is 10.8. The minimum absolute atomic E-state index is 0. The van der Waals surface area contributed by atoms with Crippen molar-refractivity contribution in [1.29, 1.82) is 0 Å². The first-order valence-electron chi connectivity index (χ1n) is 4.81. The third kappa shape index (κ3) is 4.61. The van der Waals surface area contributed by atoms with Crippen LogP contribution in [-0.2, 0) is 16.1 Å². The van der Waals surface area contributed by atoms with Crippen LogP contribution in [0.1, 0.15) is 12.5 Å². The van der Waals surface area contributed by atoms with Gasteiger partial charge in [0.15, 0.2) is 0 Å². The van der Waals surface area contributed by atoms with Crippen LogP contribution in [-0.4, -0.2) is 18.1 Å². The Morgan fingerprint density at radius 3 is 2.44 bits per heavy atom. The maximum atomic E-state index is 10.8. The maximum absolute atomic E-state index is 10.8. The van der Waals surface area contributed by atoms with Gasteiger partial charge in [0.05, 0.1) is 12.7 Å². The Morgan fingerprint density at radius 2 is 1.94 bits per heavy atom. The van der Waals surface area contributed by atoms with Gasteiger partial charge in [0.1, 0.15) is 6.04 Å². The van der Waals surface area contributed by atoms with E-state index >= 15 is 0 Å². The van der Waals surface area contributed by atoms with E-state index in [0.29, 0.717) is 6.61 Å². The fourth-order valence-electron chi connectivity index (χ4n) is 1.14. The van der Waals surface area contributed by atoms with Gasteiger partial charge in [0.25, 0.3) is 0 Å². The lowest BCUT2D eigenvalue weighted by molar-refractivity contribution is -0.122. The largest absolute Gasteiger partial charge is 0.372 e. The highest BCUT2D eigenvalue weighted by Gasteiger charge is 2.18. The summed E-state index contributed by atoms with van der Waals surface area (Å²) < 4.78 is 5.43. The van der Waals surface area contributed by atoms with Gasteiger partial charge < -0.3 is 16.2 Å². The number of halogens is 1. The second-order valence-corrected chi connectivity index (χ2v) is 3.43. The SMILES string of the molecule is CC(OCc1ccccc1)C(N)C(N)=O.Cl. The monoisotopic (exact) mass is 244 g/mol. The molecule has 0 aliphatic rings. The highest BCUT2D eigenvalue weighted by atomic mass is 35.5. The van der Waals surface area contributed by atoms with E-state index < -0.39 is 11.9 Å². The van der Waals surface area contributed by atoms with Gasteiger partial charge in [-0.05, 0) is 12.5 Å². The predicted octanol–water partition coefficient (Wildman–Crippen LogP) is 0.826. The third-order valence-corrected chi connectivity index (χ3v) is 2.19. The van der Waals surface area contributed by atoms with E-state index in [2.05, 4.69) is 0 Å². The molecule has 90 valence electrons. The summed E-state index contributed by atoms with van der Waals surface area (Å²) in [7, 11) is 0. The minimum Gasteiger partial charge on any atom is -0.372 e. The number of nitrogens with two attached hydrogens (primary N) is 2.